The molecule has 9 nitrogen and oxygen atoms in total. The van der Waals surface area contributed by atoms with Crippen molar-refractivity contribution in [2.75, 3.05) is 59.2 Å². The van der Waals surface area contributed by atoms with Gasteiger partial charge < -0.3 is 30.1 Å². The third kappa shape index (κ3) is 3.55. The Labute approximate surface area is 182 Å². The van der Waals surface area contributed by atoms with Gasteiger partial charge in [-0.1, -0.05) is 6.07 Å². The van der Waals surface area contributed by atoms with Crippen molar-refractivity contribution in [3.8, 4) is 5.75 Å². The average molecular weight is 430 g/mol. The normalized spacial score (nSPS) is 24.4. The Kier molecular flexibility index (Phi) is 5.45. The topological polar surface area (TPSA) is 94.2 Å². The standard InChI is InChI=1S/C22H31N5O4/c1-25(2)20(30)27-14-21(22(15-27)7-10-23-18(22)28)8-11-26(12-9-21)19(29)24-16-5-4-6-17(13-16)31-3/h4-6,13H,7-12,14-15H2,1-3H3,(H,23,28)(H,24,29). The molecule has 0 aromatic heterocycles. The van der Waals surface area contributed by atoms with Gasteiger partial charge in [-0.2, -0.15) is 0 Å². The van der Waals surface area contributed by atoms with E-state index in [1.165, 1.54) is 0 Å². The highest BCUT2D eigenvalue weighted by Crippen LogP contribution is 2.56. The Morgan fingerprint density at radius 1 is 1.13 bits per heavy atom. The number of anilines is 1. The minimum Gasteiger partial charge on any atom is -0.497 e. The smallest absolute Gasteiger partial charge is 0.321 e. The van der Waals surface area contributed by atoms with Crippen LogP contribution in [0.4, 0.5) is 15.3 Å². The summed E-state index contributed by atoms with van der Waals surface area (Å²) in [6, 6.07) is 7.04. The van der Waals surface area contributed by atoms with Crippen molar-refractivity contribution in [3.05, 3.63) is 24.3 Å². The number of carbonyl (C=O) groups excluding carboxylic acids is 3. The maximum atomic E-state index is 13.0. The lowest BCUT2D eigenvalue weighted by Crippen LogP contribution is -2.53. The third-order valence-electron chi connectivity index (χ3n) is 7.22. The number of rotatable bonds is 2. The van der Waals surface area contributed by atoms with Gasteiger partial charge in [0.1, 0.15) is 5.75 Å². The van der Waals surface area contributed by atoms with E-state index in [4.69, 9.17) is 4.74 Å². The summed E-state index contributed by atoms with van der Waals surface area (Å²) in [6.07, 6.45) is 2.13. The number of hydrogen-bond acceptors (Lipinski definition) is 4. The fourth-order valence-electron chi connectivity index (χ4n) is 5.49. The first-order valence-corrected chi connectivity index (χ1v) is 10.7. The molecule has 3 aliphatic heterocycles. The Hall–Kier alpha value is -2.97. The predicted molar refractivity (Wildman–Crippen MR) is 116 cm³/mol. The second-order valence-electron chi connectivity index (χ2n) is 9.05. The van der Waals surface area contributed by atoms with Gasteiger partial charge in [0.15, 0.2) is 0 Å². The van der Waals surface area contributed by atoms with Crippen molar-refractivity contribution >= 4 is 23.7 Å². The van der Waals surface area contributed by atoms with Crippen molar-refractivity contribution < 1.29 is 19.1 Å². The van der Waals surface area contributed by atoms with Gasteiger partial charge in [0.05, 0.1) is 12.5 Å². The van der Waals surface area contributed by atoms with Crippen LogP contribution in [0.1, 0.15) is 19.3 Å². The maximum absolute atomic E-state index is 13.0. The highest BCUT2D eigenvalue weighted by atomic mass is 16.5. The van der Waals surface area contributed by atoms with Crippen molar-refractivity contribution in [1.82, 2.24) is 20.0 Å². The Bertz CT molecular complexity index is 880. The molecule has 168 valence electrons. The number of urea groups is 2. The van der Waals surface area contributed by atoms with Gasteiger partial charge >= 0.3 is 12.1 Å². The third-order valence-corrected chi connectivity index (χ3v) is 7.22. The van der Waals surface area contributed by atoms with Crippen molar-refractivity contribution in [2.24, 2.45) is 10.8 Å². The molecule has 1 aromatic carbocycles. The number of ether oxygens (including phenoxy) is 1. The molecule has 3 saturated heterocycles. The molecule has 0 radical (unpaired) electrons. The molecule has 4 rings (SSSR count). The lowest BCUT2D eigenvalue weighted by Gasteiger charge is -2.46. The molecular weight excluding hydrogens is 398 g/mol. The van der Waals surface area contributed by atoms with Crippen molar-refractivity contribution in [2.45, 2.75) is 19.3 Å². The molecule has 1 unspecified atom stereocenters. The number of carbonyl (C=O) groups is 3. The number of hydrogen-bond donors (Lipinski definition) is 2. The number of amides is 5. The summed E-state index contributed by atoms with van der Waals surface area (Å²) in [7, 11) is 5.06. The summed E-state index contributed by atoms with van der Waals surface area (Å²) in [6.45, 7) is 2.75. The fourth-order valence-corrected chi connectivity index (χ4v) is 5.49. The van der Waals surface area contributed by atoms with Gasteiger partial charge in [-0.3, -0.25) is 4.79 Å². The molecule has 1 aromatic rings. The summed E-state index contributed by atoms with van der Waals surface area (Å²) in [4.78, 5) is 43.6. The molecule has 9 heteroatoms. The predicted octanol–water partition coefficient (Wildman–Crippen LogP) is 1.81. The summed E-state index contributed by atoms with van der Waals surface area (Å²) in [5.41, 5.74) is -0.181. The first-order chi connectivity index (χ1) is 14.8. The number of benzene rings is 1. The molecule has 0 saturated carbocycles. The quantitative estimate of drug-likeness (QED) is 0.750. The molecular formula is C22H31N5O4. The molecule has 31 heavy (non-hydrogen) atoms. The van der Waals surface area contributed by atoms with Gasteiger partial charge in [0, 0.05) is 64.0 Å². The van der Waals surface area contributed by atoms with Crippen LogP contribution in [-0.2, 0) is 4.79 Å². The Morgan fingerprint density at radius 3 is 2.48 bits per heavy atom. The average Bonchev–Trinajstić information content (AvgIpc) is 3.29. The van der Waals surface area contributed by atoms with E-state index >= 15 is 0 Å². The van der Waals surface area contributed by atoms with Gasteiger partial charge in [-0.15, -0.1) is 0 Å². The van der Waals surface area contributed by atoms with E-state index in [1.54, 1.807) is 37.1 Å². The fraction of sp³-hybridized carbons (Fsp3) is 0.591. The highest BCUT2D eigenvalue weighted by molar-refractivity contribution is 5.90. The van der Waals surface area contributed by atoms with E-state index in [1.807, 2.05) is 23.1 Å². The molecule has 3 heterocycles. The molecule has 3 fully saturated rings. The molecule has 3 aliphatic rings. The van der Waals surface area contributed by atoms with Gasteiger partial charge in [0.25, 0.3) is 0 Å². The van der Waals surface area contributed by atoms with Crippen LogP contribution in [0.5, 0.6) is 5.75 Å². The summed E-state index contributed by atoms with van der Waals surface area (Å²) >= 11 is 0. The van der Waals surface area contributed by atoms with Crippen LogP contribution in [0, 0.1) is 10.8 Å². The van der Waals surface area contributed by atoms with Crippen LogP contribution in [0.25, 0.3) is 0 Å². The van der Waals surface area contributed by atoms with E-state index < -0.39 is 5.41 Å². The zero-order valence-electron chi connectivity index (χ0n) is 18.4. The summed E-state index contributed by atoms with van der Waals surface area (Å²) in [5.74, 6) is 0.733. The Morgan fingerprint density at radius 2 is 1.87 bits per heavy atom. The first kappa shape index (κ1) is 21.3. The molecule has 1 atom stereocenters. The van der Waals surface area contributed by atoms with E-state index in [-0.39, 0.29) is 23.4 Å². The van der Waals surface area contributed by atoms with Crippen LogP contribution in [-0.4, -0.2) is 86.6 Å². The molecule has 0 bridgehead atoms. The highest BCUT2D eigenvalue weighted by Gasteiger charge is 2.64. The number of methoxy groups -OCH3 is 1. The molecule has 0 aliphatic carbocycles. The minimum absolute atomic E-state index is 0.0517. The summed E-state index contributed by atoms with van der Waals surface area (Å²) in [5, 5.41) is 5.93. The number of nitrogens with one attached hydrogen (secondary N) is 2. The van der Waals surface area contributed by atoms with Crippen LogP contribution in [0.3, 0.4) is 0 Å². The van der Waals surface area contributed by atoms with E-state index in [0.717, 1.165) is 6.42 Å². The first-order valence-electron chi connectivity index (χ1n) is 10.7. The summed E-state index contributed by atoms with van der Waals surface area (Å²) < 4.78 is 5.22. The van der Waals surface area contributed by atoms with Crippen LogP contribution in [0.15, 0.2) is 24.3 Å². The molecule has 5 amide bonds. The van der Waals surface area contributed by atoms with Crippen LogP contribution >= 0.6 is 0 Å². The Balaban J connectivity index is 1.48. The molecule has 2 N–H and O–H groups in total. The van der Waals surface area contributed by atoms with Gasteiger partial charge in [-0.25, -0.2) is 9.59 Å². The van der Waals surface area contributed by atoms with Gasteiger partial charge in [-0.05, 0) is 31.4 Å². The maximum Gasteiger partial charge on any atom is 0.321 e. The monoisotopic (exact) mass is 429 g/mol. The lowest BCUT2D eigenvalue weighted by atomic mass is 9.60. The van der Waals surface area contributed by atoms with E-state index in [0.29, 0.717) is 57.0 Å². The number of fused-ring (bicyclic) bond motifs is 1. The zero-order valence-corrected chi connectivity index (χ0v) is 18.4. The zero-order chi connectivity index (χ0) is 22.2. The van der Waals surface area contributed by atoms with Crippen LogP contribution < -0.4 is 15.4 Å². The lowest BCUT2D eigenvalue weighted by molar-refractivity contribution is -0.133. The molecule has 2 spiro atoms. The number of piperidine rings is 1. The largest absolute Gasteiger partial charge is 0.497 e. The SMILES string of the molecule is COc1cccc(NC(=O)N2CCC3(CC2)CN(C(=O)N(C)C)CC32CCNC2=O)c1. The van der Waals surface area contributed by atoms with Crippen LogP contribution in [0.2, 0.25) is 0 Å². The second-order valence-corrected chi connectivity index (χ2v) is 9.05. The minimum atomic E-state index is -0.561. The van der Waals surface area contributed by atoms with E-state index in [9.17, 15) is 14.4 Å². The van der Waals surface area contributed by atoms with Gasteiger partial charge in [0.2, 0.25) is 5.91 Å². The van der Waals surface area contributed by atoms with Crippen molar-refractivity contribution in [1.29, 1.82) is 0 Å². The second kappa shape index (κ2) is 7.94. The van der Waals surface area contributed by atoms with E-state index in [2.05, 4.69) is 10.6 Å². The number of nitrogens with zero attached hydrogens (tertiary/aromatic N) is 3. The van der Waals surface area contributed by atoms with Crippen molar-refractivity contribution in [3.63, 3.8) is 0 Å². The number of likely N-dealkylation sites (tertiary alicyclic amines) is 2.